The molecule has 1 heterocycles. The highest BCUT2D eigenvalue weighted by Crippen LogP contribution is 2.34. The van der Waals surface area contributed by atoms with Gasteiger partial charge in [-0.3, -0.25) is 9.59 Å². The number of thiophene rings is 1. The third-order valence-electron chi connectivity index (χ3n) is 5.16. The largest absolute Gasteiger partial charge is 0.497 e. The van der Waals surface area contributed by atoms with Crippen molar-refractivity contribution in [3.8, 4) is 5.75 Å². The molecular formula is C25H26N2O5S. The zero-order valence-corrected chi connectivity index (χ0v) is 20.0. The van der Waals surface area contributed by atoms with Crippen molar-refractivity contribution in [3.05, 3.63) is 75.2 Å². The second kappa shape index (κ2) is 10.3. The summed E-state index contributed by atoms with van der Waals surface area (Å²) in [5.74, 6) is -0.588. The van der Waals surface area contributed by atoms with Crippen LogP contribution in [0.1, 0.15) is 42.3 Å². The minimum Gasteiger partial charge on any atom is -0.497 e. The Bertz CT molecular complexity index is 1200. The van der Waals surface area contributed by atoms with Crippen LogP contribution in [0, 0.1) is 20.8 Å². The first kappa shape index (κ1) is 24.0. The maximum atomic E-state index is 13.0. The summed E-state index contributed by atoms with van der Waals surface area (Å²) in [6.45, 7) is 5.51. The van der Waals surface area contributed by atoms with Crippen molar-refractivity contribution >= 4 is 39.8 Å². The Hall–Kier alpha value is -3.65. The summed E-state index contributed by atoms with van der Waals surface area (Å²) in [5.41, 5.74) is 4.04. The molecule has 2 amide bonds. The van der Waals surface area contributed by atoms with E-state index in [2.05, 4.69) is 10.6 Å². The van der Waals surface area contributed by atoms with Gasteiger partial charge in [0.15, 0.2) is 0 Å². The molecule has 1 aromatic heterocycles. The van der Waals surface area contributed by atoms with Crippen molar-refractivity contribution in [1.82, 2.24) is 0 Å². The average Bonchev–Trinajstić information content (AvgIpc) is 3.11. The van der Waals surface area contributed by atoms with E-state index < -0.39 is 5.97 Å². The molecular weight excluding hydrogens is 440 g/mol. The summed E-state index contributed by atoms with van der Waals surface area (Å²) in [6, 6.07) is 12.9. The molecule has 0 unspecified atom stereocenters. The number of carbonyl (C=O) groups excluding carboxylic acids is 3. The number of hydrogen-bond acceptors (Lipinski definition) is 6. The number of benzene rings is 2. The van der Waals surface area contributed by atoms with Crippen LogP contribution >= 0.6 is 11.3 Å². The maximum Gasteiger partial charge on any atom is 0.341 e. The van der Waals surface area contributed by atoms with Crippen LogP contribution in [0.4, 0.5) is 10.7 Å². The molecule has 0 saturated heterocycles. The third kappa shape index (κ3) is 5.59. The fourth-order valence-corrected chi connectivity index (χ4v) is 4.42. The molecule has 0 saturated carbocycles. The van der Waals surface area contributed by atoms with Crippen LogP contribution in [0.2, 0.25) is 0 Å². The highest BCUT2D eigenvalue weighted by atomic mass is 32.1. The quantitative estimate of drug-likeness (QED) is 0.483. The maximum absolute atomic E-state index is 13.0. The van der Waals surface area contributed by atoms with Crippen LogP contribution in [-0.4, -0.2) is 32.0 Å². The zero-order valence-electron chi connectivity index (χ0n) is 19.2. The SMILES string of the molecule is COC(=O)c1c(NC(=O)Cc2ccc(OC)cc2)sc(C(=O)Nc2cc(C)ccc2C)c1C. The lowest BCUT2D eigenvalue weighted by atomic mass is 10.1. The highest BCUT2D eigenvalue weighted by molar-refractivity contribution is 7.19. The summed E-state index contributed by atoms with van der Waals surface area (Å²) in [5, 5.41) is 5.96. The van der Waals surface area contributed by atoms with E-state index in [1.807, 2.05) is 32.0 Å². The van der Waals surface area contributed by atoms with E-state index >= 15 is 0 Å². The topological polar surface area (TPSA) is 93.7 Å². The van der Waals surface area contributed by atoms with Crippen molar-refractivity contribution in [2.24, 2.45) is 0 Å². The van der Waals surface area contributed by atoms with Crippen LogP contribution in [0.5, 0.6) is 5.75 Å². The molecule has 33 heavy (non-hydrogen) atoms. The summed E-state index contributed by atoms with van der Waals surface area (Å²) >= 11 is 1.05. The number of anilines is 2. The number of nitrogens with one attached hydrogen (secondary N) is 2. The molecule has 3 aromatic rings. The van der Waals surface area contributed by atoms with Gasteiger partial charge in [-0.15, -0.1) is 11.3 Å². The molecule has 0 aliphatic heterocycles. The molecule has 8 heteroatoms. The Morgan fingerprint density at radius 3 is 2.27 bits per heavy atom. The molecule has 0 aliphatic carbocycles. The van der Waals surface area contributed by atoms with Crippen LogP contribution < -0.4 is 15.4 Å². The standard InChI is InChI=1S/C25H26N2O5S/c1-14-6-7-15(2)19(12-14)26-23(29)22-16(3)21(25(30)32-5)24(33-22)27-20(28)13-17-8-10-18(31-4)11-9-17/h6-12H,13H2,1-5H3,(H,26,29)(H,27,28). The Kier molecular flexibility index (Phi) is 7.50. The van der Waals surface area contributed by atoms with Crippen LogP contribution in [0.15, 0.2) is 42.5 Å². The number of hydrogen-bond donors (Lipinski definition) is 2. The Labute approximate surface area is 196 Å². The van der Waals surface area contributed by atoms with Gasteiger partial charge >= 0.3 is 5.97 Å². The molecule has 0 atom stereocenters. The molecule has 0 aliphatic rings. The number of methoxy groups -OCH3 is 2. The van der Waals surface area contributed by atoms with Gasteiger partial charge in [-0.2, -0.15) is 0 Å². The minimum atomic E-state index is -0.616. The third-order valence-corrected chi connectivity index (χ3v) is 6.37. The van der Waals surface area contributed by atoms with E-state index in [0.717, 1.165) is 28.0 Å². The van der Waals surface area contributed by atoms with Crippen LogP contribution in [-0.2, 0) is 16.0 Å². The zero-order chi connectivity index (χ0) is 24.1. The summed E-state index contributed by atoms with van der Waals surface area (Å²) in [6.07, 6.45) is 0.103. The van der Waals surface area contributed by atoms with Gasteiger partial charge in [-0.05, 0) is 61.2 Å². The van der Waals surface area contributed by atoms with Gasteiger partial charge in [-0.25, -0.2) is 4.79 Å². The number of ether oxygens (including phenoxy) is 2. The Morgan fingerprint density at radius 2 is 1.64 bits per heavy atom. The number of esters is 1. The molecule has 7 nitrogen and oxygen atoms in total. The fraction of sp³-hybridized carbons (Fsp3) is 0.240. The first-order valence-corrected chi connectivity index (χ1v) is 11.1. The first-order chi connectivity index (χ1) is 15.7. The molecule has 2 N–H and O–H groups in total. The normalized spacial score (nSPS) is 10.5. The van der Waals surface area contributed by atoms with E-state index in [1.54, 1.807) is 38.3 Å². The Balaban J connectivity index is 1.85. The van der Waals surface area contributed by atoms with E-state index in [-0.39, 0.29) is 28.8 Å². The van der Waals surface area contributed by atoms with Gasteiger partial charge in [0.1, 0.15) is 10.8 Å². The lowest BCUT2D eigenvalue weighted by Crippen LogP contribution is -2.16. The molecule has 2 aromatic carbocycles. The molecule has 172 valence electrons. The molecule has 0 spiro atoms. The van der Waals surface area contributed by atoms with Gasteiger partial charge < -0.3 is 20.1 Å². The van der Waals surface area contributed by atoms with Crippen molar-refractivity contribution in [3.63, 3.8) is 0 Å². The van der Waals surface area contributed by atoms with Gasteiger partial charge in [-0.1, -0.05) is 24.3 Å². The second-order valence-electron chi connectivity index (χ2n) is 7.60. The number of rotatable bonds is 7. The van der Waals surface area contributed by atoms with E-state index in [4.69, 9.17) is 9.47 Å². The summed E-state index contributed by atoms with van der Waals surface area (Å²) in [4.78, 5) is 38.5. The van der Waals surface area contributed by atoms with Crippen molar-refractivity contribution < 1.29 is 23.9 Å². The predicted molar refractivity (Wildman–Crippen MR) is 130 cm³/mol. The van der Waals surface area contributed by atoms with E-state index in [0.29, 0.717) is 21.9 Å². The Morgan fingerprint density at radius 1 is 0.939 bits per heavy atom. The number of amides is 2. The lowest BCUT2D eigenvalue weighted by Gasteiger charge is -2.09. The van der Waals surface area contributed by atoms with E-state index in [1.165, 1.54) is 7.11 Å². The molecule has 0 bridgehead atoms. The predicted octanol–water partition coefficient (Wildman–Crippen LogP) is 4.90. The average molecular weight is 467 g/mol. The second-order valence-corrected chi connectivity index (χ2v) is 8.62. The van der Waals surface area contributed by atoms with Gasteiger partial charge in [0, 0.05) is 5.69 Å². The van der Waals surface area contributed by atoms with Gasteiger partial charge in [0.25, 0.3) is 5.91 Å². The van der Waals surface area contributed by atoms with Crippen molar-refractivity contribution in [1.29, 1.82) is 0 Å². The van der Waals surface area contributed by atoms with Crippen LogP contribution in [0.3, 0.4) is 0 Å². The van der Waals surface area contributed by atoms with Crippen LogP contribution in [0.25, 0.3) is 0 Å². The van der Waals surface area contributed by atoms with Crippen molar-refractivity contribution in [2.45, 2.75) is 27.2 Å². The molecule has 3 rings (SSSR count). The lowest BCUT2D eigenvalue weighted by molar-refractivity contribution is -0.115. The van der Waals surface area contributed by atoms with Gasteiger partial charge in [0.05, 0.1) is 31.1 Å². The first-order valence-electron chi connectivity index (χ1n) is 10.3. The van der Waals surface area contributed by atoms with Gasteiger partial charge in [0.2, 0.25) is 5.91 Å². The summed E-state index contributed by atoms with van der Waals surface area (Å²) in [7, 11) is 2.83. The van der Waals surface area contributed by atoms with Crippen molar-refractivity contribution in [2.75, 3.05) is 24.9 Å². The molecule has 0 fully saturated rings. The molecule has 0 radical (unpaired) electrons. The fourth-order valence-electron chi connectivity index (χ4n) is 3.32. The monoisotopic (exact) mass is 466 g/mol. The smallest absolute Gasteiger partial charge is 0.341 e. The number of carbonyl (C=O) groups is 3. The minimum absolute atomic E-state index is 0.103. The number of aryl methyl sites for hydroxylation is 2. The highest BCUT2D eigenvalue weighted by Gasteiger charge is 2.26. The van der Waals surface area contributed by atoms with E-state index in [9.17, 15) is 14.4 Å². The summed E-state index contributed by atoms with van der Waals surface area (Å²) < 4.78 is 10.0.